The van der Waals surface area contributed by atoms with Gasteiger partial charge in [0.05, 0.1) is 18.2 Å². The zero-order chi connectivity index (χ0) is 21.8. The highest BCUT2D eigenvalue weighted by Gasteiger charge is 2.39. The van der Waals surface area contributed by atoms with Gasteiger partial charge >= 0.3 is 5.97 Å². The molecule has 1 atom stereocenters. The highest BCUT2D eigenvalue weighted by atomic mass is 16.5. The van der Waals surface area contributed by atoms with Gasteiger partial charge in [0.15, 0.2) is 5.76 Å². The summed E-state index contributed by atoms with van der Waals surface area (Å²) in [5, 5.41) is 0.838. The molecule has 0 fully saturated rings. The molecule has 2 aliphatic rings. The van der Waals surface area contributed by atoms with Crippen molar-refractivity contribution in [2.75, 3.05) is 0 Å². The third-order valence-corrected chi connectivity index (χ3v) is 5.75. The van der Waals surface area contributed by atoms with Crippen LogP contribution in [0.3, 0.4) is 0 Å². The summed E-state index contributed by atoms with van der Waals surface area (Å²) in [5.74, 6) is -0.214. The number of para-hydroxylation sites is 1. The van der Waals surface area contributed by atoms with Crippen LogP contribution in [0, 0.1) is 0 Å². The van der Waals surface area contributed by atoms with Crippen molar-refractivity contribution in [2.24, 2.45) is 0 Å². The monoisotopic (exact) mass is 425 g/mol. The van der Waals surface area contributed by atoms with Crippen molar-refractivity contribution < 1.29 is 23.5 Å². The van der Waals surface area contributed by atoms with E-state index in [0.29, 0.717) is 33.7 Å². The van der Waals surface area contributed by atoms with Crippen molar-refractivity contribution in [3.8, 4) is 11.5 Å². The summed E-state index contributed by atoms with van der Waals surface area (Å²) < 4.78 is 16.7. The Kier molecular flexibility index (Phi) is 3.91. The fourth-order valence-corrected chi connectivity index (χ4v) is 4.30. The number of hydrogen-bond acceptors (Lipinski definition) is 6. The van der Waals surface area contributed by atoms with Crippen LogP contribution in [0.5, 0.6) is 11.5 Å². The fourth-order valence-electron chi connectivity index (χ4n) is 4.30. The first-order valence-corrected chi connectivity index (χ1v) is 10.1. The second-order valence-corrected chi connectivity index (χ2v) is 7.68. The largest absolute Gasteiger partial charge is 0.465 e. The highest BCUT2D eigenvalue weighted by molar-refractivity contribution is 6.15. The van der Waals surface area contributed by atoms with Gasteiger partial charge in [-0.25, -0.2) is 0 Å². The fraction of sp³-hybridized carbons (Fsp3) is 0.0800. The molecule has 156 valence electrons. The molecule has 0 unspecified atom stereocenters. The lowest BCUT2D eigenvalue weighted by Gasteiger charge is -2.26. The highest BCUT2D eigenvalue weighted by Crippen LogP contribution is 2.48. The lowest BCUT2D eigenvalue weighted by atomic mass is 9.85. The summed E-state index contributed by atoms with van der Waals surface area (Å²) in [6.07, 6.45) is 2.98. The predicted molar refractivity (Wildman–Crippen MR) is 115 cm³/mol. The third-order valence-electron chi connectivity index (χ3n) is 5.75. The number of hydrogen-bond donors (Lipinski definition) is 1. The quantitative estimate of drug-likeness (QED) is 0.294. The normalized spacial score (nSPS) is 18.4. The second kappa shape index (κ2) is 6.81. The minimum Gasteiger partial charge on any atom is -0.465 e. The number of H-pyrrole nitrogens is 1. The summed E-state index contributed by atoms with van der Waals surface area (Å²) in [7, 11) is 0. The number of Topliss-reactive ketones (excluding diaryl/α,β-unsaturated/α-hetero) is 1. The van der Waals surface area contributed by atoms with E-state index in [0.717, 1.165) is 5.39 Å². The van der Waals surface area contributed by atoms with E-state index in [-0.39, 0.29) is 29.3 Å². The molecule has 2 aromatic heterocycles. The van der Waals surface area contributed by atoms with Crippen LogP contribution >= 0.6 is 0 Å². The number of esters is 1. The number of fused-ring (bicyclic) bond motifs is 4. The van der Waals surface area contributed by atoms with E-state index in [1.165, 1.54) is 12.3 Å². The summed E-state index contributed by atoms with van der Waals surface area (Å²) in [6.45, 7) is 0. The number of allylic oxidation sites excluding steroid dienone is 1. The molecule has 0 saturated carbocycles. The molecule has 2 aliphatic heterocycles. The first-order chi connectivity index (χ1) is 15.6. The van der Waals surface area contributed by atoms with Crippen LogP contribution < -0.4 is 15.0 Å². The predicted octanol–water partition coefficient (Wildman–Crippen LogP) is 4.18. The zero-order valence-corrected chi connectivity index (χ0v) is 16.6. The number of ketones is 1. The number of furan rings is 1. The van der Waals surface area contributed by atoms with Gasteiger partial charge in [0.1, 0.15) is 17.3 Å². The minimum absolute atomic E-state index is 0.0420. The van der Waals surface area contributed by atoms with Crippen LogP contribution in [-0.2, 0) is 4.79 Å². The smallest absolute Gasteiger partial charge is 0.312 e. The first kappa shape index (κ1) is 18.4. The maximum Gasteiger partial charge on any atom is 0.312 e. The third kappa shape index (κ3) is 2.79. The molecule has 0 amide bonds. The van der Waals surface area contributed by atoms with Gasteiger partial charge in [-0.15, -0.1) is 0 Å². The van der Waals surface area contributed by atoms with Crippen LogP contribution in [0.1, 0.15) is 39.6 Å². The van der Waals surface area contributed by atoms with E-state index in [1.54, 1.807) is 30.3 Å². The Morgan fingerprint density at radius 1 is 0.969 bits per heavy atom. The standard InChI is InChI=1S/C25H15NO6/c27-21-12-16(17-10-13-4-1-2-6-18(13)26-25(17)29)22-19(31-21)8-7-15-23(28)20(32-24(15)22)11-14-5-3-9-30-14/h1-11,16H,12H2,(H,26,29)/b20-11-/t16-/m1/s1. The molecule has 0 saturated heterocycles. The summed E-state index contributed by atoms with van der Waals surface area (Å²) in [4.78, 5) is 41.1. The number of aromatic amines is 1. The number of ether oxygens (including phenoxy) is 2. The molecule has 0 aliphatic carbocycles. The molecular formula is C25H15NO6. The van der Waals surface area contributed by atoms with Gasteiger partial charge < -0.3 is 18.9 Å². The van der Waals surface area contributed by atoms with Crippen LogP contribution in [0.2, 0.25) is 0 Å². The molecule has 2 aromatic carbocycles. The van der Waals surface area contributed by atoms with Gasteiger partial charge in [0.2, 0.25) is 5.78 Å². The average molecular weight is 425 g/mol. The molecule has 7 nitrogen and oxygen atoms in total. The van der Waals surface area contributed by atoms with Crippen molar-refractivity contribution in [2.45, 2.75) is 12.3 Å². The van der Waals surface area contributed by atoms with E-state index in [1.807, 2.05) is 24.3 Å². The van der Waals surface area contributed by atoms with Crippen molar-refractivity contribution in [3.63, 3.8) is 0 Å². The molecule has 0 radical (unpaired) electrons. The molecule has 0 bridgehead atoms. The number of carbonyl (C=O) groups is 2. The average Bonchev–Trinajstić information content (AvgIpc) is 3.41. The summed E-state index contributed by atoms with van der Waals surface area (Å²) >= 11 is 0. The molecule has 4 aromatic rings. The number of rotatable bonds is 2. The number of nitrogens with one attached hydrogen (secondary N) is 1. The van der Waals surface area contributed by atoms with Gasteiger partial charge in [0.25, 0.3) is 5.56 Å². The summed E-state index contributed by atoms with van der Waals surface area (Å²) in [6, 6.07) is 15.7. The van der Waals surface area contributed by atoms with E-state index < -0.39 is 11.9 Å². The van der Waals surface area contributed by atoms with Crippen molar-refractivity contribution in [1.29, 1.82) is 0 Å². The molecule has 6 rings (SSSR count). The van der Waals surface area contributed by atoms with Crippen molar-refractivity contribution >= 4 is 28.7 Å². The molecule has 4 heterocycles. The Balaban J connectivity index is 1.53. The molecule has 0 spiro atoms. The number of aromatic nitrogens is 1. The van der Waals surface area contributed by atoms with Crippen LogP contribution in [0.4, 0.5) is 0 Å². The van der Waals surface area contributed by atoms with Crippen LogP contribution in [-0.4, -0.2) is 16.7 Å². The molecule has 7 heteroatoms. The van der Waals surface area contributed by atoms with Crippen LogP contribution in [0.25, 0.3) is 17.0 Å². The zero-order valence-electron chi connectivity index (χ0n) is 16.6. The Hall–Kier alpha value is -4.39. The number of benzene rings is 2. The topological polar surface area (TPSA) is 98.6 Å². The SMILES string of the molecule is O=C1C[C@H](c2cc3ccccc3[nH]c2=O)c2c(ccc3c2O/C(=C\c2ccco2)C3=O)O1. The van der Waals surface area contributed by atoms with Gasteiger partial charge in [0, 0.05) is 28.6 Å². The van der Waals surface area contributed by atoms with Crippen molar-refractivity contribution in [3.05, 3.63) is 99.4 Å². The molecule has 1 N–H and O–H groups in total. The minimum atomic E-state index is -0.620. The molecule has 32 heavy (non-hydrogen) atoms. The van der Waals surface area contributed by atoms with E-state index in [2.05, 4.69) is 4.98 Å². The van der Waals surface area contributed by atoms with E-state index >= 15 is 0 Å². The Labute approximate surface area is 180 Å². The maximum absolute atomic E-state index is 13.0. The van der Waals surface area contributed by atoms with Crippen molar-refractivity contribution in [1.82, 2.24) is 4.98 Å². The van der Waals surface area contributed by atoms with E-state index in [9.17, 15) is 14.4 Å². The van der Waals surface area contributed by atoms with Gasteiger partial charge in [-0.2, -0.15) is 0 Å². The molecular weight excluding hydrogens is 410 g/mol. The van der Waals surface area contributed by atoms with E-state index in [4.69, 9.17) is 13.9 Å². The van der Waals surface area contributed by atoms with Gasteiger partial charge in [-0.05, 0) is 41.8 Å². The Bertz CT molecular complexity index is 1510. The number of pyridine rings is 1. The Morgan fingerprint density at radius 3 is 2.69 bits per heavy atom. The first-order valence-electron chi connectivity index (χ1n) is 10.1. The summed E-state index contributed by atoms with van der Waals surface area (Å²) in [5.41, 5.74) is 1.67. The lowest BCUT2D eigenvalue weighted by molar-refractivity contribution is -0.135. The second-order valence-electron chi connectivity index (χ2n) is 7.68. The number of carbonyl (C=O) groups excluding carboxylic acids is 2. The van der Waals surface area contributed by atoms with Gasteiger partial charge in [-0.3, -0.25) is 14.4 Å². The lowest BCUT2D eigenvalue weighted by Crippen LogP contribution is -2.26. The maximum atomic E-state index is 13.0. The Morgan fingerprint density at radius 2 is 1.84 bits per heavy atom. The van der Waals surface area contributed by atoms with Crippen LogP contribution in [0.15, 0.2) is 75.8 Å². The van der Waals surface area contributed by atoms with Gasteiger partial charge in [-0.1, -0.05) is 18.2 Å².